The van der Waals surface area contributed by atoms with Gasteiger partial charge in [0.05, 0.1) is 5.56 Å². The van der Waals surface area contributed by atoms with Crippen LogP contribution in [0.4, 0.5) is 0 Å². The van der Waals surface area contributed by atoms with Gasteiger partial charge < -0.3 is 15.7 Å². The van der Waals surface area contributed by atoms with Gasteiger partial charge >= 0.3 is 0 Å². The van der Waals surface area contributed by atoms with E-state index in [1.165, 1.54) is 6.07 Å². The molecule has 0 aromatic heterocycles. The molecule has 1 amide bonds. The molecule has 0 bridgehead atoms. The fourth-order valence-corrected chi connectivity index (χ4v) is 2.50. The summed E-state index contributed by atoms with van der Waals surface area (Å²) in [7, 11) is 0. The zero-order chi connectivity index (χ0) is 13.2. The van der Waals surface area contributed by atoms with Gasteiger partial charge in [0, 0.05) is 10.0 Å². The van der Waals surface area contributed by atoms with Crippen LogP contribution in [0, 0.1) is 0 Å². The number of phenols is 1. The van der Waals surface area contributed by atoms with Crippen LogP contribution in [-0.2, 0) is 0 Å². The minimum atomic E-state index is -0.224. The average molecular weight is 313 g/mol. The molecule has 1 aliphatic heterocycles. The molecule has 5 heteroatoms. The van der Waals surface area contributed by atoms with Crippen molar-refractivity contribution in [2.45, 2.75) is 25.3 Å². The van der Waals surface area contributed by atoms with E-state index in [9.17, 15) is 9.90 Å². The van der Waals surface area contributed by atoms with Crippen LogP contribution in [0.25, 0.3) is 0 Å². The van der Waals surface area contributed by atoms with E-state index < -0.39 is 0 Å². The zero-order valence-corrected chi connectivity index (χ0v) is 11.9. The number of carbonyl (C=O) groups excluding carboxylic acids is 1. The largest absolute Gasteiger partial charge is 0.507 e. The molecule has 0 spiro atoms. The van der Waals surface area contributed by atoms with Gasteiger partial charge in [0.25, 0.3) is 5.91 Å². The summed E-state index contributed by atoms with van der Waals surface area (Å²) in [6, 6.07) is 4.86. The van der Waals surface area contributed by atoms with Crippen LogP contribution in [0.3, 0.4) is 0 Å². The molecule has 18 heavy (non-hydrogen) atoms. The van der Waals surface area contributed by atoms with E-state index in [1.54, 1.807) is 12.1 Å². The number of piperidine rings is 1. The summed E-state index contributed by atoms with van der Waals surface area (Å²) in [5.74, 6) is -0.216. The van der Waals surface area contributed by atoms with Gasteiger partial charge in [0.15, 0.2) is 0 Å². The van der Waals surface area contributed by atoms with Crippen molar-refractivity contribution in [1.82, 2.24) is 10.6 Å². The number of hydrogen-bond donors (Lipinski definition) is 3. The lowest BCUT2D eigenvalue weighted by atomic mass is 9.90. The Balaban J connectivity index is 2.14. The molecule has 2 rings (SSSR count). The van der Waals surface area contributed by atoms with Gasteiger partial charge in [0.2, 0.25) is 0 Å². The first-order chi connectivity index (χ1) is 8.50. The predicted molar refractivity (Wildman–Crippen MR) is 73.8 cm³/mol. The second-order valence-electron chi connectivity index (χ2n) is 4.93. The standard InChI is InChI=1S/C13H17BrN2O2/c1-13(4-6-15-7-5-13)16-12(18)10-8-9(14)2-3-11(10)17/h2-3,8,15,17H,4-7H2,1H3,(H,16,18). The molecule has 1 saturated heterocycles. The predicted octanol–water partition coefficient (Wildman–Crippen LogP) is 2.03. The third-order valence-corrected chi connectivity index (χ3v) is 3.82. The number of carbonyl (C=O) groups is 1. The molecule has 0 unspecified atom stereocenters. The Morgan fingerprint density at radius 2 is 2.11 bits per heavy atom. The number of amides is 1. The Hall–Kier alpha value is -1.07. The van der Waals surface area contributed by atoms with Crippen LogP contribution in [0.5, 0.6) is 5.75 Å². The number of halogens is 1. The van der Waals surface area contributed by atoms with Crippen LogP contribution in [0.15, 0.2) is 22.7 Å². The van der Waals surface area contributed by atoms with E-state index in [0.29, 0.717) is 5.56 Å². The number of nitrogens with one attached hydrogen (secondary N) is 2. The Morgan fingerprint density at radius 3 is 2.78 bits per heavy atom. The summed E-state index contributed by atoms with van der Waals surface area (Å²) < 4.78 is 0.779. The minimum absolute atomic E-state index is 0.00762. The van der Waals surface area contributed by atoms with Gasteiger partial charge in [-0.2, -0.15) is 0 Å². The minimum Gasteiger partial charge on any atom is -0.507 e. The van der Waals surface area contributed by atoms with Crippen molar-refractivity contribution < 1.29 is 9.90 Å². The quantitative estimate of drug-likeness (QED) is 0.783. The first kappa shape index (κ1) is 13.4. The lowest BCUT2D eigenvalue weighted by molar-refractivity contribution is 0.0885. The van der Waals surface area contributed by atoms with E-state index in [-0.39, 0.29) is 17.2 Å². The van der Waals surface area contributed by atoms with Gasteiger partial charge in [-0.1, -0.05) is 15.9 Å². The molecular weight excluding hydrogens is 296 g/mol. The Labute approximate surface area is 115 Å². The van der Waals surface area contributed by atoms with Crippen LogP contribution < -0.4 is 10.6 Å². The summed E-state index contributed by atoms with van der Waals surface area (Å²) in [6.45, 7) is 3.85. The molecule has 1 fully saturated rings. The summed E-state index contributed by atoms with van der Waals surface area (Å²) >= 11 is 3.30. The average Bonchev–Trinajstić information content (AvgIpc) is 2.32. The van der Waals surface area contributed by atoms with E-state index in [1.807, 2.05) is 6.92 Å². The van der Waals surface area contributed by atoms with Crippen molar-refractivity contribution in [3.63, 3.8) is 0 Å². The fourth-order valence-electron chi connectivity index (χ4n) is 2.14. The van der Waals surface area contributed by atoms with Crippen molar-refractivity contribution in [2.75, 3.05) is 13.1 Å². The summed E-state index contributed by atoms with van der Waals surface area (Å²) in [6.07, 6.45) is 1.79. The molecule has 98 valence electrons. The van der Waals surface area contributed by atoms with Gasteiger partial charge in [-0.05, 0) is 51.1 Å². The maximum Gasteiger partial charge on any atom is 0.255 e. The molecule has 0 radical (unpaired) electrons. The SMILES string of the molecule is CC1(NC(=O)c2cc(Br)ccc2O)CCNCC1. The molecule has 0 aliphatic carbocycles. The van der Waals surface area contributed by atoms with Gasteiger partial charge in [-0.3, -0.25) is 4.79 Å². The second-order valence-corrected chi connectivity index (χ2v) is 5.84. The number of aromatic hydroxyl groups is 1. The monoisotopic (exact) mass is 312 g/mol. The smallest absolute Gasteiger partial charge is 0.255 e. The number of hydrogen-bond acceptors (Lipinski definition) is 3. The Morgan fingerprint density at radius 1 is 1.44 bits per heavy atom. The lowest BCUT2D eigenvalue weighted by Crippen LogP contribution is -2.52. The van der Waals surface area contributed by atoms with Crippen LogP contribution in [-0.4, -0.2) is 29.6 Å². The third-order valence-electron chi connectivity index (χ3n) is 3.33. The van der Waals surface area contributed by atoms with Crippen molar-refractivity contribution >= 4 is 21.8 Å². The van der Waals surface area contributed by atoms with E-state index in [4.69, 9.17) is 0 Å². The molecule has 1 aliphatic rings. The molecule has 1 aromatic carbocycles. The Kier molecular flexibility index (Phi) is 3.92. The summed E-state index contributed by atoms with van der Waals surface area (Å²) in [5, 5.41) is 16.0. The van der Waals surface area contributed by atoms with Crippen molar-refractivity contribution in [3.8, 4) is 5.75 Å². The van der Waals surface area contributed by atoms with E-state index in [2.05, 4.69) is 26.6 Å². The highest BCUT2D eigenvalue weighted by Crippen LogP contribution is 2.24. The topological polar surface area (TPSA) is 61.4 Å². The second kappa shape index (κ2) is 5.28. The molecule has 1 heterocycles. The maximum atomic E-state index is 12.2. The first-order valence-corrected chi connectivity index (χ1v) is 6.81. The first-order valence-electron chi connectivity index (χ1n) is 6.02. The normalized spacial score (nSPS) is 18.3. The number of rotatable bonds is 2. The van der Waals surface area contributed by atoms with Crippen molar-refractivity contribution in [2.24, 2.45) is 0 Å². The fraction of sp³-hybridized carbons (Fsp3) is 0.462. The van der Waals surface area contributed by atoms with Crippen molar-refractivity contribution in [1.29, 1.82) is 0 Å². The Bertz CT molecular complexity index is 456. The molecule has 4 nitrogen and oxygen atoms in total. The van der Waals surface area contributed by atoms with Crippen LogP contribution in [0.1, 0.15) is 30.1 Å². The van der Waals surface area contributed by atoms with Crippen LogP contribution in [0.2, 0.25) is 0 Å². The third kappa shape index (κ3) is 3.03. The highest BCUT2D eigenvalue weighted by Gasteiger charge is 2.29. The van der Waals surface area contributed by atoms with E-state index >= 15 is 0 Å². The molecule has 0 saturated carbocycles. The van der Waals surface area contributed by atoms with Crippen molar-refractivity contribution in [3.05, 3.63) is 28.2 Å². The molecule has 0 atom stereocenters. The summed E-state index contributed by atoms with van der Waals surface area (Å²) in [5.41, 5.74) is 0.112. The lowest BCUT2D eigenvalue weighted by Gasteiger charge is -2.35. The molecule has 3 N–H and O–H groups in total. The van der Waals surface area contributed by atoms with Gasteiger partial charge in [-0.25, -0.2) is 0 Å². The van der Waals surface area contributed by atoms with E-state index in [0.717, 1.165) is 30.4 Å². The zero-order valence-electron chi connectivity index (χ0n) is 10.3. The highest BCUT2D eigenvalue weighted by atomic mass is 79.9. The maximum absolute atomic E-state index is 12.2. The van der Waals surface area contributed by atoms with Crippen LogP contribution >= 0.6 is 15.9 Å². The van der Waals surface area contributed by atoms with Gasteiger partial charge in [-0.15, -0.1) is 0 Å². The molecular formula is C13H17BrN2O2. The van der Waals surface area contributed by atoms with Gasteiger partial charge in [0.1, 0.15) is 5.75 Å². The summed E-state index contributed by atoms with van der Waals surface area (Å²) in [4.78, 5) is 12.2. The molecule has 1 aromatic rings. The highest BCUT2D eigenvalue weighted by molar-refractivity contribution is 9.10. The number of phenolic OH excluding ortho intramolecular Hbond substituents is 1. The number of benzene rings is 1.